The van der Waals surface area contributed by atoms with Gasteiger partial charge in [-0.25, -0.2) is 9.67 Å². The van der Waals surface area contributed by atoms with Crippen LogP contribution in [0.3, 0.4) is 0 Å². The molecule has 0 saturated carbocycles. The van der Waals surface area contributed by atoms with Crippen molar-refractivity contribution in [2.24, 2.45) is 0 Å². The van der Waals surface area contributed by atoms with Crippen molar-refractivity contribution < 1.29 is 14.3 Å². The van der Waals surface area contributed by atoms with Gasteiger partial charge in [-0.3, -0.25) is 4.79 Å². The Kier molecular flexibility index (Phi) is 6.31. The number of hydrogen-bond acceptors (Lipinski definition) is 5. The third-order valence-electron chi connectivity index (χ3n) is 5.68. The first-order chi connectivity index (χ1) is 15.9. The number of carbonyl (C=O) groups is 1. The van der Waals surface area contributed by atoms with Crippen LogP contribution >= 0.6 is 0 Å². The van der Waals surface area contributed by atoms with Gasteiger partial charge in [-0.2, -0.15) is 5.10 Å². The SMILES string of the molecule is COc1ccc(C(C)NC(=O)c2cc(C)nc3c2c(C)nn3Cc2ccccc2)cc1OC. The van der Waals surface area contributed by atoms with Crippen molar-refractivity contribution in [3.05, 3.63) is 82.7 Å². The molecular weight excluding hydrogens is 416 g/mol. The molecule has 2 heterocycles. The first-order valence-corrected chi connectivity index (χ1v) is 10.8. The normalized spacial score (nSPS) is 11.9. The number of methoxy groups -OCH3 is 2. The lowest BCUT2D eigenvalue weighted by Gasteiger charge is -2.17. The van der Waals surface area contributed by atoms with Gasteiger partial charge in [-0.05, 0) is 50.1 Å². The molecule has 0 fully saturated rings. The number of ether oxygens (including phenoxy) is 2. The molecule has 2 aromatic carbocycles. The number of nitrogens with one attached hydrogen (secondary N) is 1. The number of amides is 1. The molecule has 1 amide bonds. The van der Waals surface area contributed by atoms with Crippen LogP contribution in [0.4, 0.5) is 0 Å². The van der Waals surface area contributed by atoms with Crippen molar-refractivity contribution in [1.29, 1.82) is 0 Å². The van der Waals surface area contributed by atoms with Crippen LogP contribution in [0, 0.1) is 13.8 Å². The summed E-state index contributed by atoms with van der Waals surface area (Å²) in [7, 11) is 3.19. The van der Waals surface area contributed by atoms with Gasteiger partial charge in [0.05, 0.1) is 43.4 Å². The lowest BCUT2D eigenvalue weighted by molar-refractivity contribution is 0.0941. The fourth-order valence-corrected chi connectivity index (χ4v) is 4.00. The van der Waals surface area contributed by atoms with Crippen LogP contribution in [-0.2, 0) is 6.54 Å². The van der Waals surface area contributed by atoms with Gasteiger partial charge in [0.2, 0.25) is 0 Å². The average Bonchev–Trinajstić information content (AvgIpc) is 3.13. The lowest BCUT2D eigenvalue weighted by Crippen LogP contribution is -2.27. The smallest absolute Gasteiger partial charge is 0.252 e. The molecule has 4 aromatic rings. The Balaban J connectivity index is 1.66. The van der Waals surface area contributed by atoms with E-state index < -0.39 is 0 Å². The van der Waals surface area contributed by atoms with Gasteiger partial charge >= 0.3 is 0 Å². The third kappa shape index (κ3) is 4.53. The highest BCUT2D eigenvalue weighted by atomic mass is 16.5. The van der Waals surface area contributed by atoms with Gasteiger partial charge in [0.15, 0.2) is 17.1 Å². The van der Waals surface area contributed by atoms with Crippen LogP contribution in [0.5, 0.6) is 11.5 Å². The molecule has 0 aliphatic heterocycles. The zero-order valence-corrected chi connectivity index (χ0v) is 19.5. The number of carbonyl (C=O) groups excluding carboxylic acids is 1. The summed E-state index contributed by atoms with van der Waals surface area (Å²) in [6.07, 6.45) is 0. The van der Waals surface area contributed by atoms with E-state index in [1.54, 1.807) is 14.2 Å². The highest BCUT2D eigenvalue weighted by molar-refractivity contribution is 6.06. The molecule has 1 atom stereocenters. The fraction of sp³-hybridized carbons (Fsp3) is 0.269. The van der Waals surface area contributed by atoms with Crippen LogP contribution in [-0.4, -0.2) is 34.9 Å². The summed E-state index contributed by atoms with van der Waals surface area (Å²) >= 11 is 0. The van der Waals surface area contributed by atoms with Crippen molar-refractivity contribution in [2.45, 2.75) is 33.4 Å². The number of aryl methyl sites for hydroxylation is 2. The Hall–Kier alpha value is -3.87. The molecule has 7 heteroatoms. The summed E-state index contributed by atoms with van der Waals surface area (Å²) in [6, 6.07) is 17.3. The molecular formula is C26H28N4O3. The molecule has 0 aliphatic carbocycles. The summed E-state index contributed by atoms with van der Waals surface area (Å²) in [5.74, 6) is 1.10. The molecule has 0 bridgehead atoms. The monoisotopic (exact) mass is 444 g/mol. The number of hydrogen-bond donors (Lipinski definition) is 1. The zero-order valence-electron chi connectivity index (χ0n) is 19.5. The van der Waals surface area contributed by atoms with Crippen LogP contribution in [0.25, 0.3) is 11.0 Å². The predicted molar refractivity (Wildman–Crippen MR) is 128 cm³/mol. The largest absolute Gasteiger partial charge is 0.493 e. The second-order valence-electron chi connectivity index (χ2n) is 8.05. The number of aromatic nitrogens is 3. The van der Waals surface area contributed by atoms with E-state index in [1.165, 1.54) is 0 Å². The van der Waals surface area contributed by atoms with Gasteiger partial charge in [0.1, 0.15) is 0 Å². The number of nitrogens with zero attached hydrogens (tertiary/aromatic N) is 3. The van der Waals surface area contributed by atoms with E-state index in [1.807, 2.05) is 67.9 Å². The lowest BCUT2D eigenvalue weighted by atomic mass is 10.1. The van der Waals surface area contributed by atoms with Gasteiger partial charge in [0.25, 0.3) is 5.91 Å². The molecule has 1 unspecified atom stereocenters. The van der Waals surface area contributed by atoms with Gasteiger partial charge < -0.3 is 14.8 Å². The number of rotatable bonds is 7. The number of benzene rings is 2. The van der Waals surface area contributed by atoms with Gasteiger partial charge in [-0.1, -0.05) is 36.4 Å². The second kappa shape index (κ2) is 9.32. The minimum atomic E-state index is -0.236. The molecule has 33 heavy (non-hydrogen) atoms. The summed E-state index contributed by atoms with van der Waals surface area (Å²) in [6.45, 7) is 6.33. The maximum absolute atomic E-state index is 13.4. The van der Waals surface area contributed by atoms with Crippen molar-refractivity contribution in [3.8, 4) is 11.5 Å². The topological polar surface area (TPSA) is 78.3 Å². The van der Waals surface area contributed by atoms with Crippen molar-refractivity contribution in [1.82, 2.24) is 20.1 Å². The Labute approximate surface area is 193 Å². The Bertz CT molecular complexity index is 1300. The van der Waals surface area contributed by atoms with Gasteiger partial charge in [-0.15, -0.1) is 0 Å². The van der Waals surface area contributed by atoms with Crippen molar-refractivity contribution in [3.63, 3.8) is 0 Å². The standard InChI is InChI=1S/C26H28N4O3/c1-16-13-21(26(31)28-17(2)20-11-12-22(32-4)23(14-20)33-5)24-18(3)29-30(25(24)27-16)15-19-9-7-6-8-10-19/h6-14,17H,15H2,1-5H3,(H,28,31). The molecule has 0 aliphatic rings. The minimum absolute atomic E-state index is 0.171. The highest BCUT2D eigenvalue weighted by Crippen LogP contribution is 2.30. The predicted octanol–water partition coefficient (Wildman–Crippen LogP) is 4.60. The molecule has 1 N–H and O–H groups in total. The molecule has 4 rings (SSSR count). The summed E-state index contributed by atoms with van der Waals surface area (Å²) in [5, 5.41) is 8.57. The van der Waals surface area contributed by atoms with E-state index in [2.05, 4.69) is 17.4 Å². The van der Waals surface area contributed by atoms with E-state index in [4.69, 9.17) is 19.6 Å². The number of pyridine rings is 1. The maximum Gasteiger partial charge on any atom is 0.252 e. The highest BCUT2D eigenvalue weighted by Gasteiger charge is 2.21. The van der Waals surface area contributed by atoms with Crippen LogP contribution in [0.1, 0.15) is 45.8 Å². The van der Waals surface area contributed by atoms with Crippen LogP contribution in [0.15, 0.2) is 54.6 Å². The van der Waals surface area contributed by atoms with Gasteiger partial charge in [0, 0.05) is 5.69 Å². The van der Waals surface area contributed by atoms with Crippen molar-refractivity contribution in [2.75, 3.05) is 14.2 Å². The Morgan fingerprint density at radius 2 is 1.76 bits per heavy atom. The van der Waals surface area contributed by atoms with E-state index >= 15 is 0 Å². The first kappa shape index (κ1) is 22.3. The molecule has 0 spiro atoms. The van der Waals surface area contributed by atoms with Crippen molar-refractivity contribution >= 4 is 16.9 Å². The summed E-state index contributed by atoms with van der Waals surface area (Å²) in [5.41, 5.74) is 4.86. The summed E-state index contributed by atoms with van der Waals surface area (Å²) in [4.78, 5) is 18.1. The van der Waals surface area contributed by atoms with E-state index in [9.17, 15) is 4.79 Å². The third-order valence-corrected chi connectivity index (χ3v) is 5.68. The minimum Gasteiger partial charge on any atom is -0.493 e. The molecule has 170 valence electrons. The van der Waals surface area contributed by atoms with E-state index in [0.717, 1.165) is 27.9 Å². The first-order valence-electron chi connectivity index (χ1n) is 10.8. The van der Waals surface area contributed by atoms with E-state index in [-0.39, 0.29) is 11.9 Å². The fourth-order valence-electron chi connectivity index (χ4n) is 4.00. The molecule has 2 aromatic heterocycles. The zero-order chi connectivity index (χ0) is 23.5. The molecule has 7 nitrogen and oxygen atoms in total. The average molecular weight is 445 g/mol. The molecule has 0 saturated heterocycles. The Morgan fingerprint density at radius 3 is 2.45 bits per heavy atom. The second-order valence-corrected chi connectivity index (χ2v) is 8.05. The van der Waals surface area contributed by atoms with Crippen LogP contribution < -0.4 is 14.8 Å². The summed E-state index contributed by atoms with van der Waals surface area (Å²) < 4.78 is 12.6. The maximum atomic E-state index is 13.4. The molecule has 0 radical (unpaired) electrons. The quantitative estimate of drug-likeness (QED) is 0.451. The number of fused-ring (bicyclic) bond motifs is 1. The van der Waals surface area contributed by atoms with Crippen LogP contribution in [0.2, 0.25) is 0 Å². The Morgan fingerprint density at radius 1 is 1.03 bits per heavy atom. The van der Waals surface area contributed by atoms with E-state index in [0.29, 0.717) is 29.3 Å².